The van der Waals surface area contributed by atoms with Gasteiger partial charge in [-0.05, 0) is 16.8 Å². The topological polar surface area (TPSA) is 0 Å². The highest BCUT2D eigenvalue weighted by atomic mass is 32.1. The lowest BCUT2D eigenvalue weighted by Crippen LogP contribution is -1.95. The quantitative estimate of drug-likeness (QED) is 0.489. The summed E-state index contributed by atoms with van der Waals surface area (Å²) in [6.45, 7) is 0. The molecule has 0 nitrogen and oxygen atoms in total. The molecule has 0 fully saturated rings. The molecule has 0 aliphatic heterocycles. The zero-order chi connectivity index (χ0) is 6.97. The van der Waals surface area contributed by atoms with Crippen molar-refractivity contribution in [3.63, 3.8) is 0 Å². The molecule has 0 amide bonds. The molecule has 10 heavy (non-hydrogen) atoms. The first-order chi connectivity index (χ1) is 4.88. The first-order valence-electron chi connectivity index (χ1n) is 3.31. The standard InChI is InChI=1S/C8H7BS/c9-7-5-10-8-4-2-1-3-6(7)8/h1-5H,9H2. The summed E-state index contributed by atoms with van der Waals surface area (Å²) in [5.74, 6) is 0. The second-order valence-corrected chi connectivity index (χ2v) is 3.33. The van der Waals surface area contributed by atoms with Crippen molar-refractivity contribution in [1.82, 2.24) is 0 Å². The largest absolute Gasteiger partial charge is 0.144 e. The van der Waals surface area contributed by atoms with Gasteiger partial charge in [-0.2, -0.15) is 0 Å². The maximum atomic E-state index is 2.20. The number of rotatable bonds is 0. The molecule has 2 rings (SSSR count). The van der Waals surface area contributed by atoms with Gasteiger partial charge < -0.3 is 0 Å². The van der Waals surface area contributed by atoms with Gasteiger partial charge >= 0.3 is 0 Å². The maximum absolute atomic E-state index is 2.20. The first-order valence-corrected chi connectivity index (χ1v) is 4.19. The third-order valence-electron chi connectivity index (χ3n) is 1.67. The van der Waals surface area contributed by atoms with Gasteiger partial charge in [0.05, 0.1) is 0 Å². The highest BCUT2D eigenvalue weighted by Crippen LogP contribution is 2.16. The third kappa shape index (κ3) is 0.763. The fourth-order valence-electron chi connectivity index (χ4n) is 1.11. The van der Waals surface area contributed by atoms with E-state index in [0.29, 0.717) is 0 Å². The summed E-state index contributed by atoms with van der Waals surface area (Å²) >= 11 is 1.81. The van der Waals surface area contributed by atoms with E-state index < -0.39 is 0 Å². The Balaban J connectivity index is 2.93. The highest BCUT2D eigenvalue weighted by molar-refractivity contribution is 7.18. The molecule has 0 radical (unpaired) electrons. The molecule has 0 unspecified atom stereocenters. The molecule has 0 N–H and O–H groups in total. The van der Waals surface area contributed by atoms with Crippen molar-refractivity contribution in [1.29, 1.82) is 0 Å². The molecule has 1 heterocycles. The molecule has 0 saturated heterocycles. The number of fused-ring (bicyclic) bond motifs is 1. The molecule has 1 aromatic carbocycles. The van der Waals surface area contributed by atoms with Gasteiger partial charge in [0, 0.05) is 4.70 Å². The van der Waals surface area contributed by atoms with E-state index >= 15 is 0 Å². The predicted octanol–water partition coefficient (Wildman–Crippen LogP) is 1.16. The molecule has 0 atom stereocenters. The SMILES string of the molecule is Bc1csc2ccccc12. The van der Waals surface area contributed by atoms with E-state index in [0.717, 1.165) is 0 Å². The summed E-state index contributed by atoms with van der Waals surface area (Å²) in [5.41, 5.74) is 1.39. The zero-order valence-electron chi connectivity index (χ0n) is 5.79. The lowest BCUT2D eigenvalue weighted by Gasteiger charge is -1.86. The fraction of sp³-hybridized carbons (Fsp3) is 0. The summed E-state index contributed by atoms with van der Waals surface area (Å²) in [5, 5.41) is 3.59. The van der Waals surface area contributed by atoms with Crippen LogP contribution in [-0.4, -0.2) is 7.85 Å². The van der Waals surface area contributed by atoms with Crippen molar-refractivity contribution in [2.75, 3.05) is 0 Å². The van der Waals surface area contributed by atoms with E-state index in [2.05, 4.69) is 37.5 Å². The average Bonchev–Trinajstić information content (AvgIpc) is 2.34. The highest BCUT2D eigenvalue weighted by Gasteiger charge is 1.95. The summed E-state index contributed by atoms with van der Waals surface area (Å²) in [7, 11) is 2.15. The van der Waals surface area contributed by atoms with Gasteiger partial charge in [-0.1, -0.05) is 23.7 Å². The lowest BCUT2D eigenvalue weighted by atomic mass is 9.96. The molecule has 48 valence electrons. The summed E-state index contributed by atoms with van der Waals surface area (Å²) in [6.07, 6.45) is 0. The van der Waals surface area contributed by atoms with Crippen LogP contribution < -0.4 is 5.46 Å². The van der Waals surface area contributed by atoms with Gasteiger partial charge in [-0.15, -0.1) is 11.3 Å². The van der Waals surface area contributed by atoms with Crippen molar-refractivity contribution < 1.29 is 0 Å². The minimum atomic E-state index is 1.39. The number of benzene rings is 1. The van der Waals surface area contributed by atoms with E-state index in [4.69, 9.17) is 0 Å². The monoisotopic (exact) mass is 146 g/mol. The van der Waals surface area contributed by atoms with E-state index in [1.54, 1.807) is 0 Å². The Bertz CT molecular complexity index is 351. The van der Waals surface area contributed by atoms with Crippen LogP contribution in [0.1, 0.15) is 0 Å². The zero-order valence-corrected chi connectivity index (χ0v) is 6.61. The van der Waals surface area contributed by atoms with Crippen LogP contribution in [0, 0.1) is 0 Å². The first kappa shape index (κ1) is 5.99. The maximum Gasteiger partial charge on any atom is 0.141 e. The van der Waals surface area contributed by atoms with Gasteiger partial charge in [0.15, 0.2) is 0 Å². The lowest BCUT2D eigenvalue weighted by molar-refractivity contribution is 1.87. The Labute approximate surface area is 64.9 Å². The minimum absolute atomic E-state index is 1.39. The summed E-state index contributed by atoms with van der Waals surface area (Å²) in [6, 6.07) is 8.49. The van der Waals surface area contributed by atoms with E-state index in [1.807, 2.05) is 11.3 Å². The second-order valence-electron chi connectivity index (χ2n) is 2.41. The van der Waals surface area contributed by atoms with Crippen molar-refractivity contribution in [3.05, 3.63) is 29.6 Å². The molecule has 0 spiro atoms. The molecule has 0 aliphatic rings. The predicted molar refractivity (Wildman–Crippen MR) is 50.0 cm³/mol. The third-order valence-corrected chi connectivity index (χ3v) is 2.76. The van der Waals surface area contributed by atoms with Crippen molar-refractivity contribution in [2.24, 2.45) is 0 Å². The number of hydrogen-bond acceptors (Lipinski definition) is 1. The van der Waals surface area contributed by atoms with Crippen LogP contribution in [-0.2, 0) is 0 Å². The van der Waals surface area contributed by atoms with Crippen LogP contribution >= 0.6 is 11.3 Å². The molecule has 0 aliphatic carbocycles. The Morgan fingerprint density at radius 1 is 1.20 bits per heavy atom. The minimum Gasteiger partial charge on any atom is -0.144 e. The van der Waals surface area contributed by atoms with Crippen molar-refractivity contribution >= 4 is 34.7 Å². The Kier molecular flexibility index (Phi) is 1.28. The van der Waals surface area contributed by atoms with Crippen LogP contribution in [0.25, 0.3) is 10.1 Å². The number of thiophene rings is 1. The van der Waals surface area contributed by atoms with E-state index in [1.165, 1.54) is 15.5 Å². The Morgan fingerprint density at radius 3 is 2.80 bits per heavy atom. The van der Waals surface area contributed by atoms with Gasteiger partial charge in [0.1, 0.15) is 7.85 Å². The van der Waals surface area contributed by atoms with Crippen LogP contribution in [0.3, 0.4) is 0 Å². The van der Waals surface area contributed by atoms with Crippen LogP contribution in [0.15, 0.2) is 29.6 Å². The molecule has 2 aromatic rings. The summed E-state index contributed by atoms with van der Waals surface area (Å²) in [4.78, 5) is 0. The van der Waals surface area contributed by atoms with Crippen molar-refractivity contribution in [3.8, 4) is 0 Å². The average molecular weight is 146 g/mol. The smallest absolute Gasteiger partial charge is 0.141 e. The fourth-order valence-corrected chi connectivity index (χ4v) is 2.05. The van der Waals surface area contributed by atoms with Gasteiger partial charge in [0.2, 0.25) is 0 Å². The molecular formula is C8H7BS. The molecule has 2 heteroatoms. The van der Waals surface area contributed by atoms with Crippen LogP contribution in [0.4, 0.5) is 0 Å². The van der Waals surface area contributed by atoms with Gasteiger partial charge in [0.25, 0.3) is 0 Å². The van der Waals surface area contributed by atoms with E-state index in [9.17, 15) is 0 Å². The molecular weight excluding hydrogens is 139 g/mol. The second kappa shape index (κ2) is 2.13. The number of hydrogen-bond donors (Lipinski definition) is 0. The van der Waals surface area contributed by atoms with Crippen molar-refractivity contribution in [2.45, 2.75) is 0 Å². The van der Waals surface area contributed by atoms with Crippen LogP contribution in [0.2, 0.25) is 0 Å². The molecule has 0 bridgehead atoms. The van der Waals surface area contributed by atoms with E-state index in [-0.39, 0.29) is 0 Å². The van der Waals surface area contributed by atoms with Gasteiger partial charge in [-0.25, -0.2) is 0 Å². The Hall–Kier alpha value is -0.755. The molecule has 1 aromatic heterocycles. The Morgan fingerprint density at radius 2 is 2.00 bits per heavy atom. The van der Waals surface area contributed by atoms with Gasteiger partial charge in [-0.3, -0.25) is 0 Å². The normalized spacial score (nSPS) is 10.4. The summed E-state index contributed by atoms with van der Waals surface area (Å²) < 4.78 is 1.39. The molecule has 0 saturated carbocycles. The van der Waals surface area contributed by atoms with Crippen LogP contribution in [0.5, 0.6) is 0 Å².